The Bertz CT molecular complexity index is 2240. The van der Waals surface area contributed by atoms with E-state index in [2.05, 4.69) is 181 Å². The number of hydrogen-bond donors (Lipinski definition) is 3. The number of allylic oxidation sites excluding steroid dienone is 7. The molecule has 0 unspecified atom stereocenters. The molecule has 0 aromatic heterocycles. The van der Waals surface area contributed by atoms with Crippen molar-refractivity contribution in [2.45, 2.75) is 24.7 Å². The van der Waals surface area contributed by atoms with E-state index < -0.39 is 0 Å². The van der Waals surface area contributed by atoms with Crippen LogP contribution >= 0.6 is 12.6 Å². The largest absolute Gasteiger partial charge is 0.379 e. The molecular formula is C48H42N2S. The normalized spacial score (nSPS) is 13.1. The quantitative estimate of drug-likeness (QED) is 0.0938. The highest BCUT2D eigenvalue weighted by molar-refractivity contribution is 7.80. The highest BCUT2D eigenvalue weighted by Gasteiger charge is 2.08. The van der Waals surface area contributed by atoms with Crippen molar-refractivity contribution >= 4 is 35.1 Å². The van der Waals surface area contributed by atoms with Crippen LogP contribution in [-0.2, 0) is 0 Å². The number of nitrogens with one attached hydrogen (secondary N) is 2. The number of rotatable bonds is 11. The summed E-state index contributed by atoms with van der Waals surface area (Å²) in [6, 6.07) is 53.7. The van der Waals surface area contributed by atoms with Crippen LogP contribution in [-0.4, -0.2) is 6.54 Å². The van der Waals surface area contributed by atoms with Gasteiger partial charge in [0.25, 0.3) is 0 Å². The summed E-state index contributed by atoms with van der Waals surface area (Å²) >= 11 is 4.69. The van der Waals surface area contributed by atoms with Crippen molar-refractivity contribution in [2.24, 2.45) is 0 Å². The molecule has 0 heterocycles. The molecule has 1 aliphatic rings. The van der Waals surface area contributed by atoms with Crippen LogP contribution in [0, 0.1) is 0 Å². The van der Waals surface area contributed by atoms with Crippen molar-refractivity contribution < 1.29 is 0 Å². The third-order valence-electron chi connectivity index (χ3n) is 9.29. The molecule has 0 spiro atoms. The second-order valence-corrected chi connectivity index (χ2v) is 13.4. The van der Waals surface area contributed by atoms with Gasteiger partial charge in [-0.25, -0.2) is 0 Å². The van der Waals surface area contributed by atoms with Crippen molar-refractivity contribution in [2.75, 3.05) is 17.2 Å². The SMILES string of the molecule is C/C(=C\C=C(/CNc1ccccc1)Nc1ccc(-c2cccc(C3=CC=CCC3)c2)cc1)c1cccc(-c2cccc(-c3ccccc3S)c2)c1. The predicted octanol–water partition coefficient (Wildman–Crippen LogP) is 13.2. The van der Waals surface area contributed by atoms with E-state index in [1.54, 1.807) is 0 Å². The van der Waals surface area contributed by atoms with Crippen LogP contribution in [0.2, 0.25) is 0 Å². The molecule has 51 heavy (non-hydrogen) atoms. The summed E-state index contributed by atoms with van der Waals surface area (Å²) < 4.78 is 0. The van der Waals surface area contributed by atoms with Crippen LogP contribution in [0.25, 0.3) is 44.5 Å². The van der Waals surface area contributed by atoms with Gasteiger partial charge in [-0.2, -0.15) is 0 Å². The number of anilines is 2. The highest BCUT2D eigenvalue weighted by Crippen LogP contribution is 2.32. The first-order valence-electron chi connectivity index (χ1n) is 17.6. The number of thiol groups is 1. The Morgan fingerprint density at radius 3 is 2.04 bits per heavy atom. The molecule has 2 nitrogen and oxygen atoms in total. The lowest BCUT2D eigenvalue weighted by Gasteiger charge is -2.14. The first-order chi connectivity index (χ1) is 25.1. The van der Waals surface area contributed by atoms with Gasteiger partial charge in [0.1, 0.15) is 0 Å². The zero-order valence-electron chi connectivity index (χ0n) is 28.9. The summed E-state index contributed by atoms with van der Waals surface area (Å²) in [5, 5.41) is 7.27. The van der Waals surface area contributed by atoms with Crippen LogP contribution in [0.15, 0.2) is 193 Å². The fourth-order valence-corrected chi connectivity index (χ4v) is 6.71. The van der Waals surface area contributed by atoms with Crippen LogP contribution in [0.5, 0.6) is 0 Å². The zero-order valence-corrected chi connectivity index (χ0v) is 29.8. The fraction of sp³-hybridized carbons (Fsp3) is 0.0833. The van der Waals surface area contributed by atoms with Crippen molar-refractivity contribution in [3.63, 3.8) is 0 Å². The third-order valence-corrected chi connectivity index (χ3v) is 9.68. The Hall–Kier alpha value is -5.77. The Kier molecular flexibility index (Phi) is 10.8. The van der Waals surface area contributed by atoms with Crippen LogP contribution in [0.4, 0.5) is 11.4 Å². The average Bonchev–Trinajstić information content (AvgIpc) is 3.20. The molecule has 0 bridgehead atoms. The second-order valence-electron chi connectivity index (χ2n) is 12.9. The number of benzene rings is 6. The molecular weight excluding hydrogens is 637 g/mol. The van der Waals surface area contributed by atoms with E-state index in [9.17, 15) is 0 Å². The van der Waals surface area contributed by atoms with Gasteiger partial charge in [0.2, 0.25) is 0 Å². The van der Waals surface area contributed by atoms with Gasteiger partial charge in [-0.1, -0.05) is 127 Å². The lowest BCUT2D eigenvalue weighted by molar-refractivity contribution is 1.05. The van der Waals surface area contributed by atoms with Gasteiger partial charge in [-0.05, 0) is 130 Å². The summed E-state index contributed by atoms with van der Waals surface area (Å²) in [5.74, 6) is 0. The van der Waals surface area contributed by atoms with Gasteiger partial charge in [-0.3, -0.25) is 0 Å². The van der Waals surface area contributed by atoms with Gasteiger partial charge in [0.15, 0.2) is 0 Å². The minimum atomic E-state index is 0.653. The first-order valence-corrected chi connectivity index (χ1v) is 18.0. The van der Waals surface area contributed by atoms with Crippen molar-refractivity contribution in [1.29, 1.82) is 0 Å². The minimum Gasteiger partial charge on any atom is -0.379 e. The molecule has 0 saturated heterocycles. The molecule has 1 aliphatic carbocycles. The Balaban J connectivity index is 1.11. The third kappa shape index (κ3) is 8.70. The maximum absolute atomic E-state index is 4.69. The van der Waals surface area contributed by atoms with E-state index in [1.165, 1.54) is 44.5 Å². The molecule has 6 aromatic carbocycles. The maximum atomic E-state index is 4.69. The van der Waals surface area contributed by atoms with Crippen LogP contribution in [0.3, 0.4) is 0 Å². The summed E-state index contributed by atoms with van der Waals surface area (Å²) in [6.07, 6.45) is 13.2. The van der Waals surface area contributed by atoms with E-state index in [-0.39, 0.29) is 0 Å². The van der Waals surface area contributed by atoms with Crippen molar-refractivity contribution in [3.8, 4) is 33.4 Å². The average molecular weight is 679 g/mol. The lowest BCUT2D eigenvalue weighted by atomic mass is 9.94. The Labute approximate surface area is 308 Å². The molecule has 0 radical (unpaired) electrons. The van der Waals surface area contributed by atoms with E-state index in [1.807, 2.05) is 18.2 Å². The Morgan fingerprint density at radius 1 is 0.608 bits per heavy atom. The second kappa shape index (κ2) is 16.3. The monoisotopic (exact) mass is 678 g/mol. The van der Waals surface area contributed by atoms with E-state index in [0.29, 0.717) is 6.54 Å². The molecule has 6 aromatic rings. The minimum absolute atomic E-state index is 0.653. The lowest BCUT2D eigenvalue weighted by Crippen LogP contribution is -2.11. The zero-order chi connectivity index (χ0) is 34.8. The molecule has 250 valence electrons. The van der Waals surface area contributed by atoms with E-state index in [0.717, 1.165) is 45.9 Å². The van der Waals surface area contributed by atoms with E-state index >= 15 is 0 Å². The maximum Gasteiger partial charge on any atom is 0.0551 e. The molecule has 7 rings (SSSR count). The highest BCUT2D eigenvalue weighted by atomic mass is 32.1. The van der Waals surface area contributed by atoms with Crippen molar-refractivity contribution in [3.05, 3.63) is 199 Å². The molecule has 2 N–H and O–H groups in total. The van der Waals surface area contributed by atoms with Crippen LogP contribution in [0.1, 0.15) is 30.9 Å². The summed E-state index contributed by atoms with van der Waals surface area (Å²) in [5.41, 5.74) is 15.4. The first kappa shape index (κ1) is 33.7. The predicted molar refractivity (Wildman–Crippen MR) is 223 cm³/mol. The van der Waals surface area contributed by atoms with Gasteiger partial charge in [0.05, 0.1) is 6.54 Å². The van der Waals surface area contributed by atoms with Gasteiger partial charge in [0, 0.05) is 22.0 Å². The molecule has 0 fully saturated rings. The van der Waals surface area contributed by atoms with Gasteiger partial charge < -0.3 is 10.6 Å². The Morgan fingerprint density at radius 2 is 1.27 bits per heavy atom. The molecule has 0 amide bonds. The topological polar surface area (TPSA) is 24.1 Å². The molecule has 0 saturated carbocycles. The van der Waals surface area contributed by atoms with Crippen molar-refractivity contribution in [1.82, 2.24) is 0 Å². The molecule has 0 aliphatic heterocycles. The number of para-hydroxylation sites is 1. The molecule has 0 atom stereocenters. The van der Waals surface area contributed by atoms with E-state index in [4.69, 9.17) is 12.6 Å². The fourth-order valence-electron chi connectivity index (χ4n) is 6.42. The van der Waals surface area contributed by atoms with Gasteiger partial charge >= 0.3 is 0 Å². The number of hydrogen-bond acceptors (Lipinski definition) is 3. The summed E-state index contributed by atoms with van der Waals surface area (Å²) in [6.45, 7) is 2.83. The summed E-state index contributed by atoms with van der Waals surface area (Å²) in [4.78, 5) is 0.979. The van der Waals surface area contributed by atoms with Gasteiger partial charge in [-0.15, -0.1) is 12.6 Å². The smallest absolute Gasteiger partial charge is 0.0551 e. The van der Waals surface area contributed by atoms with Crippen LogP contribution < -0.4 is 10.6 Å². The molecule has 3 heteroatoms. The summed E-state index contributed by atoms with van der Waals surface area (Å²) in [7, 11) is 0. The standard InChI is InChI=1S/C48H42N2S/c1-35(38-15-10-18-41(31-38)42-19-12-20-43(33-42)47-23-8-9-24-48(47)51)25-28-46(34-49-44-21-6-3-7-22-44)50-45-29-26-37(27-30-45)40-17-11-16-39(32-40)36-13-4-2-5-14-36/h2-4,6-13,15-33,49-51H,5,14,34H2,1H3/b35-25+,46-28+.